The van der Waals surface area contributed by atoms with Crippen LogP contribution in [0, 0.1) is 0 Å². The van der Waals surface area contributed by atoms with Gasteiger partial charge in [-0.1, -0.05) is 6.92 Å². The molecule has 0 aromatic heterocycles. The topological polar surface area (TPSA) is 52.2 Å². The van der Waals surface area contributed by atoms with Crippen molar-refractivity contribution < 1.29 is 10.2 Å². The van der Waals surface area contributed by atoms with E-state index in [4.69, 9.17) is 0 Å². The minimum Gasteiger partial charge on any atom is -0.392 e. The highest BCUT2D eigenvalue weighted by atomic mass is 16.3. The molecule has 67 valence electrons. The Hall–Kier alpha value is -0.120. The van der Waals surface area contributed by atoms with Crippen LogP contribution in [0.5, 0.6) is 0 Å². The summed E-state index contributed by atoms with van der Waals surface area (Å²) in [6.45, 7) is 3.52. The van der Waals surface area contributed by atoms with E-state index < -0.39 is 0 Å². The summed E-state index contributed by atoms with van der Waals surface area (Å²) in [5.41, 5.74) is 0. The highest BCUT2D eigenvalue weighted by Gasteiger charge is 2.01. The van der Waals surface area contributed by atoms with Crippen molar-refractivity contribution >= 4 is 0 Å². The minimum atomic E-state index is -0.276. The lowest BCUT2D eigenvalue weighted by Gasteiger charge is -2.09. The molecule has 0 aromatic carbocycles. The Balaban J connectivity index is 3.02. The van der Waals surface area contributed by atoms with Crippen LogP contribution in [-0.4, -0.2) is 30.9 Å². The fraction of sp³-hybridized carbons (Fsp3) is 1.00. The zero-order valence-electron chi connectivity index (χ0n) is 7.18. The molecule has 0 aromatic rings. The number of rotatable bonds is 7. The highest BCUT2D eigenvalue weighted by molar-refractivity contribution is 4.58. The Kier molecular flexibility index (Phi) is 7.89. The van der Waals surface area contributed by atoms with Crippen molar-refractivity contribution in [3.05, 3.63) is 0 Å². The van der Waals surface area contributed by atoms with E-state index in [2.05, 4.69) is 5.32 Å². The molecule has 1 unspecified atom stereocenters. The summed E-state index contributed by atoms with van der Waals surface area (Å²) in [6.07, 6.45) is 2.00. The van der Waals surface area contributed by atoms with Crippen LogP contribution in [0.25, 0.3) is 0 Å². The van der Waals surface area contributed by atoms with Crippen LogP contribution in [0.2, 0.25) is 0 Å². The second kappa shape index (κ2) is 7.98. The minimum absolute atomic E-state index is 0.0199. The van der Waals surface area contributed by atoms with E-state index in [0.717, 1.165) is 19.4 Å². The number of unbranched alkanes of at least 4 members (excludes halogenated alkanes) is 1. The van der Waals surface area contributed by atoms with Crippen LogP contribution >= 0.6 is 0 Å². The number of aliphatic hydroxyl groups excluding tert-OH is 1. The normalized spacial score (nSPS) is 13.4. The molecule has 0 rings (SSSR count). The first-order valence-electron chi connectivity index (χ1n) is 4.28. The van der Waals surface area contributed by atoms with Crippen molar-refractivity contribution in [2.24, 2.45) is 0 Å². The standard InChI is InChI=1S/C8H18NO2/c1-2-9-7-8(11)5-3-4-6-10/h8-9,11H,2-7H2,1H3. The molecule has 0 aliphatic heterocycles. The molecule has 0 heterocycles. The van der Waals surface area contributed by atoms with Crippen LogP contribution in [0.3, 0.4) is 0 Å². The number of nitrogens with one attached hydrogen (secondary N) is 1. The van der Waals surface area contributed by atoms with Gasteiger partial charge < -0.3 is 10.4 Å². The summed E-state index contributed by atoms with van der Waals surface area (Å²) in [4.78, 5) is 0. The first kappa shape index (κ1) is 10.9. The zero-order chi connectivity index (χ0) is 8.53. The van der Waals surface area contributed by atoms with Gasteiger partial charge in [0.15, 0.2) is 0 Å². The van der Waals surface area contributed by atoms with Crippen LogP contribution < -0.4 is 5.32 Å². The molecular weight excluding hydrogens is 142 g/mol. The average molecular weight is 160 g/mol. The Bertz CT molecular complexity index is 78.5. The van der Waals surface area contributed by atoms with E-state index in [1.165, 1.54) is 0 Å². The smallest absolute Gasteiger partial charge is 0.0822 e. The van der Waals surface area contributed by atoms with Gasteiger partial charge in [0.05, 0.1) is 12.7 Å². The monoisotopic (exact) mass is 160 g/mol. The summed E-state index contributed by atoms with van der Waals surface area (Å²) in [6, 6.07) is 0. The molecule has 0 aliphatic rings. The van der Waals surface area contributed by atoms with Crippen molar-refractivity contribution in [2.45, 2.75) is 32.3 Å². The van der Waals surface area contributed by atoms with Gasteiger partial charge in [0.25, 0.3) is 0 Å². The quantitative estimate of drug-likeness (QED) is 0.535. The van der Waals surface area contributed by atoms with Crippen LogP contribution in [0.15, 0.2) is 0 Å². The largest absolute Gasteiger partial charge is 0.392 e. The number of hydrogen-bond acceptors (Lipinski definition) is 2. The maximum atomic E-state index is 10.0. The molecule has 0 spiro atoms. The molecule has 0 saturated heterocycles. The molecule has 3 nitrogen and oxygen atoms in total. The molecule has 0 aliphatic carbocycles. The van der Waals surface area contributed by atoms with Crippen LogP contribution in [0.1, 0.15) is 26.2 Å². The molecule has 2 N–H and O–H groups in total. The number of hydrogen-bond donors (Lipinski definition) is 2. The summed E-state index contributed by atoms with van der Waals surface area (Å²) < 4.78 is 0. The van der Waals surface area contributed by atoms with Crippen molar-refractivity contribution in [1.29, 1.82) is 0 Å². The van der Waals surface area contributed by atoms with E-state index in [0.29, 0.717) is 13.0 Å². The molecule has 11 heavy (non-hydrogen) atoms. The summed E-state index contributed by atoms with van der Waals surface area (Å²) in [5, 5.41) is 22.3. The molecule has 0 saturated carbocycles. The summed E-state index contributed by atoms with van der Waals surface area (Å²) >= 11 is 0. The van der Waals surface area contributed by atoms with Gasteiger partial charge in [0.1, 0.15) is 0 Å². The Morgan fingerprint density at radius 3 is 2.73 bits per heavy atom. The third-order valence-corrected chi connectivity index (χ3v) is 1.56. The van der Waals surface area contributed by atoms with Crippen molar-refractivity contribution in [3.63, 3.8) is 0 Å². The molecule has 0 fully saturated rings. The third-order valence-electron chi connectivity index (χ3n) is 1.56. The van der Waals surface area contributed by atoms with E-state index in [1.807, 2.05) is 6.92 Å². The van der Waals surface area contributed by atoms with Gasteiger partial charge in [-0.15, -0.1) is 0 Å². The van der Waals surface area contributed by atoms with Gasteiger partial charge in [-0.3, -0.25) is 0 Å². The van der Waals surface area contributed by atoms with Gasteiger partial charge in [0, 0.05) is 6.54 Å². The van der Waals surface area contributed by atoms with E-state index in [9.17, 15) is 10.2 Å². The Morgan fingerprint density at radius 1 is 1.45 bits per heavy atom. The summed E-state index contributed by atoms with van der Waals surface area (Å²) in [5.74, 6) is 0. The van der Waals surface area contributed by atoms with Gasteiger partial charge in [-0.2, -0.15) is 0 Å². The van der Waals surface area contributed by atoms with Gasteiger partial charge in [0.2, 0.25) is 0 Å². The van der Waals surface area contributed by atoms with E-state index >= 15 is 0 Å². The van der Waals surface area contributed by atoms with Crippen LogP contribution in [0.4, 0.5) is 0 Å². The highest BCUT2D eigenvalue weighted by Crippen LogP contribution is 1.98. The maximum Gasteiger partial charge on any atom is 0.0822 e. The van der Waals surface area contributed by atoms with Crippen molar-refractivity contribution in [2.75, 3.05) is 19.7 Å². The lowest BCUT2D eigenvalue weighted by molar-refractivity contribution is 0.146. The van der Waals surface area contributed by atoms with E-state index in [-0.39, 0.29) is 12.7 Å². The first-order chi connectivity index (χ1) is 5.31. The predicted molar refractivity (Wildman–Crippen MR) is 44.0 cm³/mol. The molecule has 3 heteroatoms. The molecule has 0 amide bonds. The zero-order valence-corrected chi connectivity index (χ0v) is 7.18. The summed E-state index contributed by atoms with van der Waals surface area (Å²) in [7, 11) is 0. The van der Waals surface area contributed by atoms with Gasteiger partial charge >= 0.3 is 0 Å². The molecular formula is C8H18NO2. The average Bonchev–Trinajstić information content (AvgIpc) is 2.01. The Morgan fingerprint density at radius 2 is 2.18 bits per heavy atom. The molecule has 0 bridgehead atoms. The first-order valence-corrected chi connectivity index (χ1v) is 4.28. The van der Waals surface area contributed by atoms with E-state index in [1.54, 1.807) is 0 Å². The fourth-order valence-corrected chi connectivity index (χ4v) is 0.895. The number of likely N-dealkylation sites (N-methyl/N-ethyl adjacent to an activating group) is 1. The third kappa shape index (κ3) is 7.78. The Labute approximate surface area is 68.4 Å². The lowest BCUT2D eigenvalue weighted by atomic mass is 10.1. The maximum absolute atomic E-state index is 10.0. The van der Waals surface area contributed by atoms with Crippen molar-refractivity contribution in [1.82, 2.24) is 5.32 Å². The van der Waals surface area contributed by atoms with Gasteiger partial charge in [-0.25, -0.2) is 5.11 Å². The van der Waals surface area contributed by atoms with Crippen LogP contribution in [-0.2, 0) is 5.11 Å². The fourth-order valence-electron chi connectivity index (χ4n) is 0.895. The second-order valence-electron chi connectivity index (χ2n) is 2.66. The molecule has 1 radical (unpaired) electrons. The van der Waals surface area contributed by atoms with Crippen molar-refractivity contribution in [3.8, 4) is 0 Å². The predicted octanol–water partition coefficient (Wildman–Crippen LogP) is 0.558. The molecule has 1 atom stereocenters. The second-order valence-corrected chi connectivity index (χ2v) is 2.66. The van der Waals surface area contributed by atoms with Gasteiger partial charge in [-0.05, 0) is 25.8 Å². The lowest BCUT2D eigenvalue weighted by Crippen LogP contribution is -2.26. The SMILES string of the molecule is CCNCC(O)CCCC[O]. The number of aliphatic hydroxyl groups is 1.